The van der Waals surface area contributed by atoms with E-state index >= 15 is 0 Å². The van der Waals surface area contributed by atoms with Crippen molar-refractivity contribution in [2.24, 2.45) is 0 Å². The maximum atomic E-state index is 12.5. The van der Waals surface area contributed by atoms with Crippen LogP contribution in [-0.2, 0) is 23.9 Å². The van der Waals surface area contributed by atoms with E-state index in [4.69, 9.17) is 14.9 Å². The molecule has 0 radical (unpaired) electrons. The molecule has 0 saturated carbocycles. The second-order valence-electron chi connectivity index (χ2n) is 10.9. The van der Waals surface area contributed by atoms with Crippen molar-refractivity contribution < 1.29 is 34.1 Å². The number of esters is 1. The van der Waals surface area contributed by atoms with Crippen LogP contribution in [0, 0.1) is 0 Å². The molecule has 2 amide bonds. The Morgan fingerprint density at radius 2 is 1.33 bits per heavy atom. The zero-order chi connectivity index (χ0) is 32.0. The third-order valence-corrected chi connectivity index (χ3v) is 6.81. The molecule has 0 aromatic carbocycles. The lowest BCUT2D eigenvalue weighted by molar-refractivity contribution is -0.147. The van der Waals surface area contributed by atoms with Crippen molar-refractivity contribution in [1.29, 1.82) is 0 Å². The van der Waals surface area contributed by atoms with Gasteiger partial charge in [-0.15, -0.1) is 0 Å². The molecule has 0 spiro atoms. The van der Waals surface area contributed by atoms with Crippen LogP contribution in [-0.4, -0.2) is 59.3 Å². The van der Waals surface area contributed by atoms with Crippen molar-refractivity contribution in [3.05, 3.63) is 36.5 Å². The fraction of sp³-hybridized carbons (Fsp3) is 0.706. The van der Waals surface area contributed by atoms with Gasteiger partial charge in [-0.25, -0.2) is 4.79 Å². The number of nitrogens with one attached hydrogen (secondary N) is 2. The quantitative estimate of drug-likeness (QED) is 0.0465. The van der Waals surface area contributed by atoms with E-state index in [1.807, 2.05) is 6.08 Å². The number of amides is 2. The number of rotatable bonds is 28. The van der Waals surface area contributed by atoms with Gasteiger partial charge in [0.25, 0.3) is 0 Å². The monoisotopic (exact) mass is 606 g/mol. The van der Waals surface area contributed by atoms with Gasteiger partial charge < -0.3 is 25.6 Å². The molecule has 246 valence electrons. The smallest absolute Gasteiger partial charge is 0.328 e. The standard InChI is InChI=1S/C34H58N2O7/c1-3-5-7-9-11-12-13-14-16-22-26-33(40)43-29(23-19-15-10-8-6-4-2)24-20-17-18-21-25-31(38)35-27-32(39)36-30(28-37)34(41)42/h7-10,19,23,29-30,37H,3-6,11-18,20-22,24-28H2,1-2H3,(H,35,38)(H,36,39)(H,41,42)/b9-7-,10-8-,23-19-. The van der Waals surface area contributed by atoms with Gasteiger partial charge in [0.2, 0.25) is 11.8 Å². The lowest BCUT2D eigenvalue weighted by Gasteiger charge is -2.15. The van der Waals surface area contributed by atoms with Crippen LogP contribution in [0.3, 0.4) is 0 Å². The Balaban J connectivity index is 4.31. The van der Waals surface area contributed by atoms with Crippen molar-refractivity contribution in [3.8, 4) is 0 Å². The van der Waals surface area contributed by atoms with Gasteiger partial charge in [0.05, 0.1) is 13.2 Å². The molecule has 9 heteroatoms. The number of ether oxygens (including phenoxy) is 1. The second kappa shape index (κ2) is 29.1. The Morgan fingerprint density at radius 1 is 0.721 bits per heavy atom. The third kappa shape index (κ3) is 26.4. The minimum atomic E-state index is -1.39. The number of hydrogen-bond donors (Lipinski definition) is 4. The highest BCUT2D eigenvalue weighted by Gasteiger charge is 2.18. The summed E-state index contributed by atoms with van der Waals surface area (Å²) in [6.45, 7) is 3.27. The average Bonchev–Trinajstić information content (AvgIpc) is 2.98. The maximum Gasteiger partial charge on any atom is 0.328 e. The number of aliphatic carboxylic acids is 1. The SMILES string of the molecule is CCC/C=C\C/C=C\C(CCCCCCC(=O)NCC(=O)NC(CO)C(=O)O)OC(=O)CCCCCCC/C=C\CCC. The van der Waals surface area contributed by atoms with Crippen molar-refractivity contribution in [2.45, 2.75) is 142 Å². The van der Waals surface area contributed by atoms with Crippen molar-refractivity contribution >= 4 is 23.8 Å². The first-order valence-electron chi connectivity index (χ1n) is 16.4. The molecule has 0 aliphatic heterocycles. The van der Waals surface area contributed by atoms with Crippen LogP contribution in [0.2, 0.25) is 0 Å². The number of carbonyl (C=O) groups is 4. The summed E-state index contributed by atoms with van der Waals surface area (Å²) in [6.07, 6.45) is 29.2. The first kappa shape index (κ1) is 40.1. The van der Waals surface area contributed by atoms with E-state index in [0.29, 0.717) is 12.8 Å². The maximum absolute atomic E-state index is 12.5. The highest BCUT2D eigenvalue weighted by atomic mass is 16.5. The van der Waals surface area contributed by atoms with Crippen molar-refractivity contribution in [2.75, 3.05) is 13.2 Å². The highest BCUT2D eigenvalue weighted by molar-refractivity contribution is 5.87. The van der Waals surface area contributed by atoms with Crippen LogP contribution in [0.5, 0.6) is 0 Å². The van der Waals surface area contributed by atoms with Gasteiger partial charge in [-0.3, -0.25) is 14.4 Å². The molecule has 0 aromatic rings. The predicted molar refractivity (Wildman–Crippen MR) is 171 cm³/mol. The Labute approximate surface area is 259 Å². The number of aliphatic hydroxyl groups excluding tert-OH is 1. The third-order valence-electron chi connectivity index (χ3n) is 6.81. The summed E-state index contributed by atoms with van der Waals surface area (Å²) < 4.78 is 5.80. The van der Waals surface area contributed by atoms with E-state index in [1.54, 1.807) is 0 Å². The normalized spacial score (nSPS) is 13.0. The number of aliphatic hydroxyl groups is 1. The summed E-state index contributed by atoms with van der Waals surface area (Å²) in [5.74, 6) is -2.45. The fourth-order valence-electron chi connectivity index (χ4n) is 4.26. The van der Waals surface area contributed by atoms with Gasteiger partial charge in [-0.1, -0.05) is 89.2 Å². The Morgan fingerprint density at radius 3 is 2.00 bits per heavy atom. The molecule has 0 rings (SSSR count). The molecule has 9 nitrogen and oxygen atoms in total. The molecular weight excluding hydrogens is 548 g/mol. The second-order valence-corrected chi connectivity index (χ2v) is 10.9. The molecule has 2 atom stereocenters. The number of hydrogen-bond acceptors (Lipinski definition) is 6. The van der Waals surface area contributed by atoms with Crippen LogP contribution >= 0.6 is 0 Å². The molecule has 0 aliphatic carbocycles. The first-order chi connectivity index (χ1) is 20.8. The van der Waals surface area contributed by atoms with Gasteiger partial charge >= 0.3 is 11.9 Å². The topological polar surface area (TPSA) is 142 Å². The summed E-state index contributed by atoms with van der Waals surface area (Å²) in [7, 11) is 0. The Bertz CT molecular complexity index is 839. The Kier molecular flexibility index (Phi) is 27.2. The van der Waals surface area contributed by atoms with Crippen LogP contribution in [0.1, 0.15) is 129 Å². The van der Waals surface area contributed by atoms with Gasteiger partial charge in [0, 0.05) is 12.8 Å². The summed E-state index contributed by atoms with van der Waals surface area (Å²) in [6, 6.07) is -1.39. The van der Waals surface area contributed by atoms with E-state index < -0.39 is 24.5 Å². The lowest BCUT2D eigenvalue weighted by Crippen LogP contribution is -2.47. The Hall–Kier alpha value is -2.94. The van der Waals surface area contributed by atoms with Gasteiger partial charge in [-0.05, 0) is 63.9 Å². The van der Waals surface area contributed by atoms with E-state index in [2.05, 4.69) is 54.9 Å². The summed E-state index contributed by atoms with van der Waals surface area (Å²) >= 11 is 0. The van der Waals surface area contributed by atoms with Crippen molar-refractivity contribution in [3.63, 3.8) is 0 Å². The average molecular weight is 607 g/mol. The molecular formula is C34H58N2O7. The van der Waals surface area contributed by atoms with Crippen molar-refractivity contribution in [1.82, 2.24) is 10.6 Å². The van der Waals surface area contributed by atoms with E-state index in [9.17, 15) is 19.2 Å². The van der Waals surface area contributed by atoms with Crippen LogP contribution in [0.15, 0.2) is 36.5 Å². The van der Waals surface area contributed by atoms with Crippen LogP contribution < -0.4 is 10.6 Å². The minimum absolute atomic E-state index is 0.145. The van der Waals surface area contributed by atoms with Crippen LogP contribution in [0.4, 0.5) is 0 Å². The van der Waals surface area contributed by atoms with E-state index in [-0.39, 0.29) is 30.9 Å². The number of carboxylic acids is 1. The number of allylic oxidation sites excluding steroid dienone is 5. The van der Waals surface area contributed by atoms with E-state index in [0.717, 1.165) is 77.0 Å². The number of carboxylic acid groups (broad SMARTS) is 1. The van der Waals surface area contributed by atoms with Gasteiger partial charge in [-0.2, -0.15) is 0 Å². The molecule has 2 unspecified atom stereocenters. The van der Waals surface area contributed by atoms with Crippen LogP contribution in [0.25, 0.3) is 0 Å². The van der Waals surface area contributed by atoms with Gasteiger partial charge in [0.15, 0.2) is 0 Å². The molecule has 0 fully saturated rings. The predicted octanol–water partition coefficient (Wildman–Crippen LogP) is 6.31. The fourth-order valence-corrected chi connectivity index (χ4v) is 4.26. The molecule has 0 bridgehead atoms. The zero-order valence-corrected chi connectivity index (χ0v) is 26.7. The highest BCUT2D eigenvalue weighted by Crippen LogP contribution is 2.14. The molecule has 0 saturated heterocycles. The summed E-state index contributed by atoms with van der Waals surface area (Å²) in [5, 5.41) is 22.4. The molecule has 0 aromatic heterocycles. The summed E-state index contributed by atoms with van der Waals surface area (Å²) in [4.78, 5) is 47.0. The zero-order valence-electron chi connectivity index (χ0n) is 26.7. The lowest BCUT2D eigenvalue weighted by atomic mass is 10.1. The first-order valence-corrected chi connectivity index (χ1v) is 16.4. The van der Waals surface area contributed by atoms with Gasteiger partial charge in [0.1, 0.15) is 12.1 Å². The molecule has 0 aliphatic rings. The molecule has 4 N–H and O–H groups in total. The molecule has 0 heterocycles. The molecule has 43 heavy (non-hydrogen) atoms. The summed E-state index contributed by atoms with van der Waals surface area (Å²) in [5.41, 5.74) is 0. The largest absolute Gasteiger partial charge is 0.480 e. The number of carbonyl (C=O) groups excluding carboxylic acids is 3. The minimum Gasteiger partial charge on any atom is -0.480 e. The van der Waals surface area contributed by atoms with E-state index in [1.165, 1.54) is 19.3 Å². The number of unbranched alkanes of at least 4 members (excludes halogenated alkanes) is 10.